The van der Waals surface area contributed by atoms with Crippen LogP contribution in [0.3, 0.4) is 0 Å². The van der Waals surface area contributed by atoms with E-state index in [1.165, 1.54) is 12.7 Å². The molecule has 1 N–H and O–H groups in total. The van der Waals surface area contributed by atoms with Gasteiger partial charge in [-0.25, -0.2) is 4.79 Å². The molecule has 0 saturated carbocycles. The first-order valence-corrected chi connectivity index (χ1v) is 7.69. The van der Waals surface area contributed by atoms with Crippen LogP contribution in [0.1, 0.15) is 12.5 Å². The quantitative estimate of drug-likeness (QED) is 0.761. The van der Waals surface area contributed by atoms with E-state index in [0.29, 0.717) is 6.54 Å². The minimum absolute atomic E-state index is 0.207. The summed E-state index contributed by atoms with van der Waals surface area (Å²) in [4.78, 5) is 12.1. The summed E-state index contributed by atoms with van der Waals surface area (Å²) in [7, 11) is 1.39. The molecular formula is C19H23NO3. The van der Waals surface area contributed by atoms with E-state index in [4.69, 9.17) is 9.47 Å². The normalized spacial score (nSPS) is 13.1. The molecule has 23 heavy (non-hydrogen) atoms. The van der Waals surface area contributed by atoms with Crippen molar-refractivity contribution in [1.82, 2.24) is 5.32 Å². The fourth-order valence-electron chi connectivity index (χ4n) is 2.28. The standard InChI is InChI=1S/C19H23NO3/c1-19(18(21)22-2,15-23-17-11-7-4-8-12-17)20-14-13-16-9-5-3-6-10-16/h3-12,20H,13-15H2,1-2H3. The Bertz CT molecular complexity index is 601. The molecule has 1 atom stereocenters. The number of ether oxygens (including phenoxy) is 2. The van der Waals surface area contributed by atoms with Crippen molar-refractivity contribution in [2.75, 3.05) is 20.3 Å². The Morgan fingerprint density at radius 1 is 1.04 bits per heavy atom. The molecule has 0 aliphatic rings. The van der Waals surface area contributed by atoms with Crippen molar-refractivity contribution in [1.29, 1.82) is 0 Å². The Morgan fingerprint density at radius 3 is 2.26 bits per heavy atom. The predicted molar refractivity (Wildman–Crippen MR) is 90.5 cm³/mol. The molecule has 0 fully saturated rings. The lowest BCUT2D eigenvalue weighted by atomic mass is 10.0. The molecule has 4 heteroatoms. The smallest absolute Gasteiger partial charge is 0.329 e. The Hall–Kier alpha value is -2.33. The van der Waals surface area contributed by atoms with Crippen molar-refractivity contribution in [3.8, 4) is 5.75 Å². The van der Waals surface area contributed by atoms with Crippen molar-refractivity contribution in [3.63, 3.8) is 0 Å². The Morgan fingerprint density at radius 2 is 1.65 bits per heavy atom. The van der Waals surface area contributed by atoms with E-state index >= 15 is 0 Å². The summed E-state index contributed by atoms with van der Waals surface area (Å²) in [6.45, 7) is 2.67. The van der Waals surface area contributed by atoms with Crippen LogP contribution in [-0.2, 0) is 16.0 Å². The number of nitrogens with one attached hydrogen (secondary N) is 1. The third-order valence-electron chi connectivity index (χ3n) is 3.68. The molecule has 0 amide bonds. The molecule has 0 aliphatic carbocycles. The van der Waals surface area contributed by atoms with Gasteiger partial charge in [0.05, 0.1) is 7.11 Å². The highest BCUT2D eigenvalue weighted by Gasteiger charge is 2.34. The van der Waals surface area contributed by atoms with E-state index in [2.05, 4.69) is 17.4 Å². The van der Waals surface area contributed by atoms with Gasteiger partial charge in [-0.1, -0.05) is 48.5 Å². The molecule has 0 aliphatic heterocycles. The second kappa shape index (κ2) is 8.34. The second-order valence-electron chi connectivity index (χ2n) is 5.59. The summed E-state index contributed by atoms with van der Waals surface area (Å²) in [5, 5.41) is 3.27. The summed E-state index contributed by atoms with van der Waals surface area (Å²) in [6.07, 6.45) is 0.832. The number of hydrogen-bond acceptors (Lipinski definition) is 4. The van der Waals surface area contributed by atoms with E-state index in [9.17, 15) is 4.79 Å². The van der Waals surface area contributed by atoms with Gasteiger partial charge >= 0.3 is 5.97 Å². The maximum atomic E-state index is 12.1. The molecule has 0 radical (unpaired) electrons. The summed E-state index contributed by atoms with van der Waals surface area (Å²) in [5.74, 6) is 0.397. The van der Waals surface area contributed by atoms with Crippen LogP contribution in [0.25, 0.3) is 0 Å². The van der Waals surface area contributed by atoms with Gasteiger partial charge in [0, 0.05) is 6.54 Å². The fourth-order valence-corrected chi connectivity index (χ4v) is 2.28. The van der Waals surface area contributed by atoms with Gasteiger partial charge in [-0.3, -0.25) is 5.32 Å². The van der Waals surface area contributed by atoms with Gasteiger partial charge in [-0.05, 0) is 31.0 Å². The molecular weight excluding hydrogens is 290 g/mol. The number of carbonyl (C=O) groups is 1. The number of hydrogen-bond donors (Lipinski definition) is 1. The van der Waals surface area contributed by atoms with Crippen molar-refractivity contribution >= 4 is 5.97 Å². The number of methoxy groups -OCH3 is 1. The summed E-state index contributed by atoms with van der Waals surface area (Å²) in [5.41, 5.74) is 0.329. The van der Waals surface area contributed by atoms with Gasteiger partial charge in [0.2, 0.25) is 0 Å². The molecule has 2 aromatic rings. The van der Waals surface area contributed by atoms with Gasteiger partial charge in [-0.2, -0.15) is 0 Å². The zero-order valence-corrected chi connectivity index (χ0v) is 13.6. The minimum atomic E-state index is -0.890. The van der Waals surface area contributed by atoms with E-state index in [1.807, 2.05) is 48.5 Å². The van der Waals surface area contributed by atoms with Gasteiger partial charge in [-0.15, -0.1) is 0 Å². The van der Waals surface area contributed by atoms with E-state index in [-0.39, 0.29) is 12.6 Å². The molecule has 0 spiro atoms. The molecule has 4 nitrogen and oxygen atoms in total. The maximum Gasteiger partial charge on any atom is 0.329 e. The Balaban J connectivity index is 1.93. The summed E-state index contributed by atoms with van der Waals surface area (Å²) in [6, 6.07) is 19.6. The highest BCUT2D eigenvalue weighted by molar-refractivity contribution is 5.80. The lowest BCUT2D eigenvalue weighted by molar-refractivity contribution is -0.149. The topological polar surface area (TPSA) is 47.6 Å². The van der Waals surface area contributed by atoms with Gasteiger partial charge < -0.3 is 9.47 Å². The first-order valence-electron chi connectivity index (χ1n) is 7.69. The third kappa shape index (κ3) is 5.11. The highest BCUT2D eigenvalue weighted by Crippen LogP contribution is 2.14. The zero-order valence-electron chi connectivity index (χ0n) is 13.6. The first kappa shape index (κ1) is 17.0. The van der Waals surface area contributed by atoms with Crippen molar-refractivity contribution < 1.29 is 14.3 Å². The lowest BCUT2D eigenvalue weighted by Crippen LogP contribution is -2.55. The molecule has 1 unspecified atom stereocenters. The molecule has 0 aromatic heterocycles. The fraction of sp³-hybridized carbons (Fsp3) is 0.316. The van der Waals surface area contributed by atoms with Gasteiger partial charge in [0.1, 0.15) is 17.9 Å². The zero-order chi connectivity index (χ0) is 16.5. The van der Waals surface area contributed by atoms with E-state index in [1.54, 1.807) is 6.92 Å². The average molecular weight is 313 g/mol. The molecule has 2 aromatic carbocycles. The monoisotopic (exact) mass is 313 g/mol. The molecule has 0 heterocycles. The third-order valence-corrected chi connectivity index (χ3v) is 3.68. The van der Waals surface area contributed by atoms with Crippen LogP contribution in [-0.4, -0.2) is 31.8 Å². The van der Waals surface area contributed by atoms with Crippen LogP contribution in [0, 0.1) is 0 Å². The number of rotatable bonds is 8. The van der Waals surface area contributed by atoms with Crippen LogP contribution in [0.15, 0.2) is 60.7 Å². The number of para-hydroxylation sites is 1. The van der Waals surface area contributed by atoms with Crippen molar-refractivity contribution in [3.05, 3.63) is 66.2 Å². The second-order valence-corrected chi connectivity index (χ2v) is 5.59. The molecule has 0 saturated heterocycles. The maximum absolute atomic E-state index is 12.1. The van der Waals surface area contributed by atoms with Crippen LogP contribution in [0.5, 0.6) is 5.75 Å². The Labute approximate surface area is 137 Å². The van der Waals surface area contributed by atoms with E-state index < -0.39 is 5.54 Å². The van der Waals surface area contributed by atoms with Crippen LogP contribution in [0.2, 0.25) is 0 Å². The van der Waals surface area contributed by atoms with Gasteiger partial charge in [0.25, 0.3) is 0 Å². The molecule has 0 bridgehead atoms. The van der Waals surface area contributed by atoms with Crippen molar-refractivity contribution in [2.24, 2.45) is 0 Å². The largest absolute Gasteiger partial charge is 0.491 e. The number of esters is 1. The predicted octanol–water partition coefficient (Wildman–Crippen LogP) is 2.83. The summed E-state index contributed by atoms with van der Waals surface area (Å²) >= 11 is 0. The first-order chi connectivity index (χ1) is 11.1. The molecule has 122 valence electrons. The van der Waals surface area contributed by atoms with Crippen LogP contribution >= 0.6 is 0 Å². The average Bonchev–Trinajstić information content (AvgIpc) is 2.61. The molecule has 2 rings (SSSR count). The highest BCUT2D eigenvalue weighted by atomic mass is 16.5. The van der Waals surface area contributed by atoms with Crippen molar-refractivity contribution in [2.45, 2.75) is 18.9 Å². The number of carbonyl (C=O) groups excluding carboxylic acids is 1. The van der Waals surface area contributed by atoms with Crippen LogP contribution in [0.4, 0.5) is 0 Å². The Kier molecular flexibility index (Phi) is 6.18. The lowest BCUT2D eigenvalue weighted by Gasteiger charge is -2.28. The van der Waals surface area contributed by atoms with E-state index in [0.717, 1.165) is 12.2 Å². The summed E-state index contributed by atoms with van der Waals surface area (Å²) < 4.78 is 10.7. The van der Waals surface area contributed by atoms with Gasteiger partial charge in [0.15, 0.2) is 0 Å². The SMILES string of the molecule is COC(=O)C(C)(COc1ccccc1)NCCc1ccccc1. The number of benzene rings is 2. The minimum Gasteiger partial charge on any atom is -0.491 e. The van der Waals surface area contributed by atoms with Crippen LogP contribution < -0.4 is 10.1 Å².